The zero-order chi connectivity index (χ0) is 36.1. The van der Waals surface area contributed by atoms with E-state index in [1.165, 1.54) is 12.1 Å². The molecule has 2 aromatic rings. The maximum Gasteiger partial charge on any atom is 0.335 e. The Kier molecular flexibility index (Phi) is 9.18. The fourth-order valence-corrected chi connectivity index (χ4v) is 10.0. The van der Waals surface area contributed by atoms with Crippen LogP contribution in [-0.4, -0.2) is 64.4 Å². The highest BCUT2D eigenvalue weighted by Crippen LogP contribution is 2.69. The van der Waals surface area contributed by atoms with Gasteiger partial charge in [0.05, 0.1) is 35.6 Å². The van der Waals surface area contributed by atoms with Crippen molar-refractivity contribution in [3.8, 4) is 0 Å². The van der Waals surface area contributed by atoms with Crippen LogP contribution in [-0.2, 0) is 35.0 Å². The molecule has 1 aliphatic heterocycles. The molecule has 1 saturated heterocycles. The first-order valence-electron chi connectivity index (χ1n) is 17.9. The third-order valence-corrected chi connectivity index (χ3v) is 12.3. The zero-order valence-electron chi connectivity index (χ0n) is 29.1. The molecule has 11 heteroatoms. The molecule has 268 valence electrons. The Morgan fingerprint density at radius 1 is 1.06 bits per heavy atom. The highest BCUT2D eigenvalue weighted by Gasteiger charge is 2.75. The molecular formula is C40H44N2O9. The number of Topliss-reactive ketones (excluding diaryl/α,β-unsaturated/α-hetero) is 1. The molecule has 51 heavy (non-hydrogen) atoms. The topological polar surface area (TPSA) is 161 Å². The lowest BCUT2D eigenvalue weighted by Gasteiger charge is -2.59. The average Bonchev–Trinajstić information content (AvgIpc) is 3.59. The minimum absolute atomic E-state index is 0.0140. The molecule has 0 radical (unpaired) electrons. The van der Waals surface area contributed by atoms with Crippen LogP contribution >= 0.6 is 0 Å². The number of hydrogen-bond donors (Lipinski definition) is 2. The summed E-state index contributed by atoms with van der Waals surface area (Å²) in [6.07, 6.45) is 7.15. The molecule has 9 atom stereocenters. The summed E-state index contributed by atoms with van der Waals surface area (Å²) in [5, 5.41) is 29.6. The number of hydrogen-bond acceptors (Lipinski definition) is 10. The summed E-state index contributed by atoms with van der Waals surface area (Å²) >= 11 is 0. The third-order valence-electron chi connectivity index (χ3n) is 12.3. The molecule has 0 amide bonds. The van der Waals surface area contributed by atoms with Gasteiger partial charge in [-0.3, -0.25) is 14.4 Å². The molecule has 5 aliphatic rings. The van der Waals surface area contributed by atoms with E-state index in [9.17, 15) is 24.3 Å². The van der Waals surface area contributed by atoms with Gasteiger partial charge in [-0.25, -0.2) is 4.79 Å². The molecule has 3 saturated carbocycles. The Bertz CT molecular complexity index is 1830. The van der Waals surface area contributed by atoms with Crippen molar-refractivity contribution in [2.45, 2.75) is 89.8 Å². The molecule has 7 rings (SSSR count). The lowest BCUT2D eigenvalue weighted by Crippen LogP contribution is -2.63. The van der Waals surface area contributed by atoms with Gasteiger partial charge >= 0.3 is 11.9 Å². The van der Waals surface area contributed by atoms with Crippen LogP contribution in [0.3, 0.4) is 0 Å². The zero-order valence-corrected chi connectivity index (χ0v) is 29.1. The molecule has 0 aromatic heterocycles. The second-order valence-electron chi connectivity index (χ2n) is 15.1. The predicted molar refractivity (Wildman–Crippen MR) is 184 cm³/mol. The predicted octanol–water partition coefficient (Wildman–Crippen LogP) is 6.62. The van der Waals surface area contributed by atoms with Crippen molar-refractivity contribution < 1.29 is 43.6 Å². The van der Waals surface area contributed by atoms with E-state index in [0.29, 0.717) is 36.2 Å². The van der Waals surface area contributed by atoms with Crippen LogP contribution in [0.2, 0.25) is 0 Å². The van der Waals surface area contributed by atoms with Gasteiger partial charge in [0.25, 0.3) is 0 Å². The number of carboxylic acid groups (broad SMARTS) is 1. The highest BCUT2D eigenvalue weighted by molar-refractivity contribution is 6.01. The van der Waals surface area contributed by atoms with Crippen LogP contribution in [0, 0.1) is 28.6 Å². The van der Waals surface area contributed by atoms with Crippen molar-refractivity contribution in [1.82, 2.24) is 0 Å². The van der Waals surface area contributed by atoms with Crippen LogP contribution in [0.4, 0.5) is 11.4 Å². The molecule has 2 N–H and O–H groups in total. The molecule has 1 heterocycles. The number of aliphatic hydroxyl groups is 1. The lowest BCUT2D eigenvalue weighted by molar-refractivity contribution is -0.201. The average molecular weight is 697 g/mol. The molecular weight excluding hydrogens is 652 g/mol. The van der Waals surface area contributed by atoms with E-state index in [0.717, 1.165) is 24.8 Å². The Labute approximate surface area is 296 Å². The first kappa shape index (κ1) is 35.1. The second kappa shape index (κ2) is 13.3. The van der Waals surface area contributed by atoms with E-state index in [4.69, 9.17) is 19.3 Å². The number of fused-ring (bicyclic) bond motifs is 7. The van der Waals surface area contributed by atoms with Gasteiger partial charge < -0.3 is 24.4 Å². The number of ketones is 2. The van der Waals surface area contributed by atoms with Crippen LogP contribution in [0.1, 0.15) is 75.2 Å². The smallest absolute Gasteiger partial charge is 0.335 e. The monoisotopic (exact) mass is 696 g/mol. The van der Waals surface area contributed by atoms with Gasteiger partial charge in [-0.2, -0.15) is 10.2 Å². The molecule has 9 unspecified atom stereocenters. The second-order valence-corrected chi connectivity index (χ2v) is 15.1. The number of carbonyl (C=O) groups excluding carboxylic acids is 3. The summed E-state index contributed by atoms with van der Waals surface area (Å²) in [5.41, 5.74) is 0.0143. The largest absolute Gasteiger partial charge is 0.478 e. The van der Waals surface area contributed by atoms with E-state index in [-0.39, 0.29) is 41.3 Å². The summed E-state index contributed by atoms with van der Waals surface area (Å²) in [6.45, 7) is 5.68. The van der Waals surface area contributed by atoms with Gasteiger partial charge in [-0.05, 0) is 92.0 Å². The fraction of sp³-hybridized carbons (Fsp3) is 0.500. The number of esters is 1. The Balaban J connectivity index is 1.09. The van der Waals surface area contributed by atoms with E-state index < -0.39 is 53.5 Å². The van der Waals surface area contributed by atoms with Gasteiger partial charge in [0.15, 0.2) is 24.3 Å². The number of aliphatic hydroxyl groups excluding tert-OH is 1. The normalized spacial score (nSPS) is 35.1. The Hall–Kier alpha value is -4.32. The van der Waals surface area contributed by atoms with Gasteiger partial charge in [0, 0.05) is 16.7 Å². The number of carboxylic acids is 1. The van der Waals surface area contributed by atoms with Crippen molar-refractivity contribution in [1.29, 1.82) is 0 Å². The quantitative estimate of drug-likeness (QED) is 0.205. The van der Waals surface area contributed by atoms with Gasteiger partial charge in [-0.1, -0.05) is 57.0 Å². The number of aromatic carboxylic acids is 1. The third kappa shape index (κ3) is 5.89. The number of azo groups is 1. The van der Waals surface area contributed by atoms with Crippen molar-refractivity contribution in [3.63, 3.8) is 0 Å². The molecule has 4 aliphatic carbocycles. The maximum atomic E-state index is 14.5. The highest BCUT2D eigenvalue weighted by atomic mass is 16.7. The van der Waals surface area contributed by atoms with Crippen LogP contribution in [0.15, 0.2) is 82.6 Å². The maximum absolute atomic E-state index is 14.5. The minimum Gasteiger partial charge on any atom is -0.478 e. The SMILES string of the molecule is CCCC1OC2CC3C4CCC5=CC(=O)C=CC5(C)C4C(O)CC3(C)C2(C(=O)COC(=O)Cc2ccccc2N=Nc2ccc(C(=O)O)cc2)O1. The van der Waals surface area contributed by atoms with Crippen LogP contribution in [0.5, 0.6) is 0 Å². The Morgan fingerprint density at radius 2 is 1.82 bits per heavy atom. The van der Waals surface area contributed by atoms with Gasteiger partial charge in [0.2, 0.25) is 5.78 Å². The van der Waals surface area contributed by atoms with E-state index in [1.807, 2.05) is 19.9 Å². The summed E-state index contributed by atoms with van der Waals surface area (Å²) in [7, 11) is 0. The van der Waals surface area contributed by atoms with Crippen LogP contribution in [0.25, 0.3) is 0 Å². The number of benzene rings is 2. The summed E-state index contributed by atoms with van der Waals surface area (Å²) in [5.74, 6) is -2.06. The first-order chi connectivity index (χ1) is 24.4. The fourth-order valence-electron chi connectivity index (χ4n) is 10.0. The number of rotatable bonds is 10. The molecule has 0 spiro atoms. The number of carbonyl (C=O) groups is 4. The summed E-state index contributed by atoms with van der Waals surface area (Å²) in [6, 6.07) is 12.9. The minimum atomic E-state index is -1.39. The number of allylic oxidation sites excluding steroid dienone is 4. The van der Waals surface area contributed by atoms with E-state index in [1.54, 1.807) is 48.6 Å². The standard InChI is InChI=1S/C40H44N2O9/c1-4-7-35-50-33-20-29-28-15-12-25-19-27(43)16-17-38(25,2)36(28)31(44)21-39(29,3)40(33,51-35)32(45)22-49-34(46)18-24-8-5-6-9-30(24)42-41-26-13-10-23(11-14-26)37(47)48/h5-6,8-11,13-14,16-17,19,28-29,31,33,35-36,44H,4,7,12,15,18,20-22H2,1-3H3,(H,47,48). The number of nitrogens with zero attached hydrogens (tertiary/aromatic N) is 2. The molecule has 11 nitrogen and oxygen atoms in total. The summed E-state index contributed by atoms with van der Waals surface area (Å²) < 4.78 is 18.8. The van der Waals surface area contributed by atoms with Crippen molar-refractivity contribution in [3.05, 3.63) is 83.5 Å². The van der Waals surface area contributed by atoms with Crippen molar-refractivity contribution in [2.75, 3.05) is 6.61 Å². The lowest BCUT2D eigenvalue weighted by atomic mass is 9.46. The van der Waals surface area contributed by atoms with Crippen molar-refractivity contribution >= 4 is 34.9 Å². The summed E-state index contributed by atoms with van der Waals surface area (Å²) in [4.78, 5) is 51.2. The van der Waals surface area contributed by atoms with E-state index in [2.05, 4.69) is 17.2 Å². The Morgan fingerprint density at radius 3 is 2.57 bits per heavy atom. The number of ether oxygens (including phenoxy) is 3. The van der Waals surface area contributed by atoms with Gasteiger partial charge in [-0.15, -0.1) is 0 Å². The van der Waals surface area contributed by atoms with E-state index >= 15 is 0 Å². The van der Waals surface area contributed by atoms with Crippen LogP contribution < -0.4 is 0 Å². The van der Waals surface area contributed by atoms with Gasteiger partial charge in [0.1, 0.15) is 0 Å². The van der Waals surface area contributed by atoms with Crippen molar-refractivity contribution in [2.24, 2.45) is 38.8 Å². The molecule has 2 aromatic carbocycles. The molecule has 0 bridgehead atoms. The molecule has 4 fully saturated rings. The first-order valence-corrected chi connectivity index (χ1v) is 17.9.